The van der Waals surface area contributed by atoms with Gasteiger partial charge in [-0.2, -0.15) is 5.26 Å². The summed E-state index contributed by atoms with van der Waals surface area (Å²) >= 11 is 0. The van der Waals surface area contributed by atoms with Gasteiger partial charge in [-0.05, 0) is 25.0 Å². The van der Waals surface area contributed by atoms with Crippen molar-refractivity contribution in [3.63, 3.8) is 0 Å². The van der Waals surface area contributed by atoms with Crippen molar-refractivity contribution in [1.82, 2.24) is 0 Å². The Morgan fingerprint density at radius 1 is 1.33 bits per heavy atom. The zero-order valence-electron chi connectivity index (χ0n) is 10.6. The monoisotopic (exact) mass is 269 g/mol. The molecule has 0 fully saturated rings. The lowest BCUT2D eigenvalue weighted by Gasteiger charge is -2.16. The number of hydrogen-bond donors (Lipinski definition) is 0. The molecule has 18 heavy (non-hydrogen) atoms. The number of nitrogens with zero attached hydrogens (tertiary/aromatic N) is 1. The van der Waals surface area contributed by atoms with Gasteiger partial charge in [0.25, 0.3) is 0 Å². The van der Waals surface area contributed by atoms with Gasteiger partial charge in [-0.15, -0.1) is 0 Å². The van der Waals surface area contributed by atoms with E-state index in [0.717, 1.165) is 6.07 Å². The molecule has 0 saturated carbocycles. The Balaban J connectivity index is 3.02. The van der Waals surface area contributed by atoms with Crippen LogP contribution in [0.2, 0.25) is 0 Å². The molecule has 0 saturated heterocycles. The quantitative estimate of drug-likeness (QED) is 0.844. The predicted molar refractivity (Wildman–Crippen MR) is 68.0 cm³/mol. The molecule has 0 spiro atoms. The largest absolute Gasteiger partial charge is 0.228 e. The van der Waals surface area contributed by atoms with Gasteiger partial charge in [-0.3, -0.25) is 0 Å². The first-order chi connectivity index (χ1) is 8.27. The average Bonchev–Trinajstić information content (AvgIpc) is 2.30. The zero-order chi connectivity index (χ0) is 13.9. The molecule has 0 heterocycles. The number of nitriles is 1. The minimum absolute atomic E-state index is 0.0172. The van der Waals surface area contributed by atoms with Crippen molar-refractivity contribution in [2.45, 2.75) is 31.8 Å². The van der Waals surface area contributed by atoms with E-state index in [4.69, 9.17) is 5.26 Å². The number of rotatable bonds is 4. The van der Waals surface area contributed by atoms with Crippen LogP contribution in [0, 0.1) is 23.1 Å². The maximum atomic E-state index is 13.6. The van der Waals surface area contributed by atoms with Crippen molar-refractivity contribution in [2.75, 3.05) is 0 Å². The van der Waals surface area contributed by atoms with Gasteiger partial charge in [0.15, 0.2) is 9.84 Å². The van der Waals surface area contributed by atoms with Crippen LogP contribution in [0.5, 0.6) is 0 Å². The van der Waals surface area contributed by atoms with Gasteiger partial charge in [0, 0.05) is 5.56 Å². The molecule has 1 unspecified atom stereocenters. The molecule has 1 aromatic rings. The summed E-state index contributed by atoms with van der Waals surface area (Å²) in [6.45, 7) is 5.26. The van der Waals surface area contributed by atoms with E-state index in [1.165, 1.54) is 12.1 Å². The van der Waals surface area contributed by atoms with Crippen LogP contribution >= 0.6 is 0 Å². The second kappa shape index (κ2) is 5.49. The Morgan fingerprint density at radius 2 is 1.94 bits per heavy atom. The van der Waals surface area contributed by atoms with Gasteiger partial charge in [0.2, 0.25) is 0 Å². The molecule has 0 aliphatic heterocycles. The van der Waals surface area contributed by atoms with Gasteiger partial charge in [-0.25, -0.2) is 12.8 Å². The van der Waals surface area contributed by atoms with Crippen LogP contribution in [0.25, 0.3) is 0 Å². The minimum Gasteiger partial charge on any atom is -0.228 e. The normalized spacial score (nSPS) is 13.3. The lowest BCUT2D eigenvalue weighted by molar-refractivity contribution is 0.542. The Hall–Kier alpha value is -1.41. The van der Waals surface area contributed by atoms with Crippen LogP contribution in [-0.2, 0) is 15.6 Å². The summed E-state index contributed by atoms with van der Waals surface area (Å²) in [4.78, 5) is 0. The van der Waals surface area contributed by atoms with Crippen molar-refractivity contribution in [3.8, 4) is 6.07 Å². The molecule has 0 aliphatic rings. The molecule has 3 nitrogen and oxygen atoms in total. The van der Waals surface area contributed by atoms with Crippen molar-refractivity contribution < 1.29 is 12.8 Å². The summed E-state index contributed by atoms with van der Waals surface area (Å²) in [5.74, 6) is -0.991. The molecule has 0 N–H and O–H groups in total. The van der Waals surface area contributed by atoms with Crippen molar-refractivity contribution in [1.29, 1.82) is 5.26 Å². The fraction of sp³-hybridized carbons (Fsp3) is 0.462. The smallest absolute Gasteiger partial charge is 0.157 e. The summed E-state index contributed by atoms with van der Waals surface area (Å²) in [7, 11) is -3.38. The number of halogens is 1. The van der Waals surface area contributed by atoms with Crippen molar-refractivity contribution in [3.05, 3.63) is 35.1 Å². The molecule has 1 rings (SSSR count). The van der Waals surface area contributed by atoms with Gasteiger partial charge < -0.3 is 0 Å². The summed E-state index contributed by atoms with van der Waals surface area (Å²) in [5.41, 5.74) is 0.298. The predicted octanol–water partition coefficient (Wildman–Crippen LogP) is 2.66. The fourth-order valence-corrected chi connectivity index (χ4v) is 3.26. The van der Waals surface area contributed by atoms with Crippen molar-refractivity contribution >= 4 is 9.84 Å². The summed E-state index contributed by atoms with van der Waals surface area (Å²) in [5, 5.41) is 8.09. The third kappa shape index (κ3) is 3.30. The van der Waals surface area contributed by atoms with E-state index in [9.17, 15) is 12.8 Å². The van der Waals surface area contributed by atoms with Crippen molar-refractivity contribution in [2.24, 2.45) is 5.92 Å². The third-order valence-electron chi connectivity index (χ3n) is 3.04. The maximum Gasteiger partial charge on any atom is 0.157 e. The van der Waals surface area contributed by atoms with Gasteiger partial charge >= 0.3 is 0 Å². The van der Waals surface area contributed by atoms with Crippen LogP contribution in [0.1, 0.15) is 31.9 Å². The topological polar surface area (TPSA) is 57.9 Å². The van der Waals surface area contributed by atoms with E-state index < -0.39 is 20.9 Å². The Kier molecular flexibility index (Phi) is 4.47. The van der Waals surface area contributed by atoms with Crippen LogP contribution in [0.4, 0.5) is 4.39 Å². The zero-order valence-corrected chi connectivity index (χ0v) is 11.5. The highest BCUT2D eigenvalue weighted by atomic mass is 32.2. The molecule has 1 aromatic carbocycles. The first-order valence-electron chi connectivity index (χ1n) is 5.68. The molecule has 0 bridgehead atoms. The summed E-state index contributed by atoms with van der Waals surface area (Å²) in [6, 6.07) is 5.65. The molecular formula is C13H16FNO2S. The SMILES string of the molecule is CC(C)C(C)S(=O)(=O)Cc1ccc(C#N)cc1F. The molecule has 0 aromatic heterocycles. The number of benzene rings is 1. The van der Waals surface area contributed by atoms with E-state index in [2.05, 4.69) is 0 Å². The molecule has 1 atom stereocenters. The van der Waals surface area contributed by atoms with Crippen LogP contribution < -0.4 is 0 Å². The van der Waals surface area contributed by atoms with E-state index in [0.29, 0.717) is 0 Å². The standard InChI is InChI=1S/C13H16FNO2S/c1-9(2)10(3)18(16,17)8-12-5-4-11(7-15)6-13(12)14/h4-6,9-10H,8H2,1-3H3. The van der Waals surface area contributed by atoms with E-state index in [-0.39, 0.29) is 22.8 Å². The summed E-state index contributed by atoms with van der Waals surface area (Å²) in [6.07, 6.45) is 0. The first kappa shape index (κ1) is 14.7. The maximum absolute atomic E-state index is 13.6. The highest BCUT2D eigenvalue weighted by Crippen LogP contribution is 2.19. The number of sulfone groups is 1. The lowest BCUT2D eigenvalue weighted by atomic mass is 10.1. The number of hydrogen-bond acceptors (Lipinski definition) is 3. The molecule has 0 amide bonds. The van der Waals surface area contributed by atoms with Gasteiger partial charge in [-0.1, -0.05) is 19.9 Å². The van der Waals surface area contributed by atoms with E-state index >= 15 is 0 Å². The molecule has 0 radical (unpaired) electrons. The van der Waals surface area contributed by atoms with E-state index in [1.54, 1.807) is 6.92 Å². The summed E-state index contributed by atoms with van der Waals surface area (Å²) < 4.78 is 37.6. The Labute approximate surface area is 107 Å². The average molecular weight is 269 g/mol. The molecular weight excluding hydrogens is 253 g/mol. The lowest BCUT2D eigenvalue weighted by Crippen LogP contribution is -2.25. The third-order valence-corrected chi connectivity index (χ3v) is 5.43. The van der Waals surface area contributed by atoms with Crippen LogP contribution in [0.15, 0.2) is 18.2 Å². The second-order valence-electron chi connectivity index (χ2n) is 4.67. The minimum atomic E-state index is -3.38. The Morgan fingerprint density at radius 3 is 2.39 bits per heavy atom. The molecule has 0 aliphatic carbocycles. The van der Waals surface area contributed by atoms with Gasteiger partial charge in [0.05, 0.1) is 22.6 Å². The molecule has 5 heteroatoms. The second-order valence-corrected chi connectivity index (χ2v) is 7.03. The Bertz CT molecular complexity index is 573. The fourth-order valence-electron chi connectivity index (χ4n) is 1.50. The van der Waals surface area contributed by atoms with E-state index in [1.807, 2.05) is 19.9 Å². The van der Waals surface area contributed by atoms with Crippen LogP contribution in [-0.4, -0.2) is 13.7 Å². The van der Waals surface area contributed by atoms with Gasteiger partial charge in [0.1, 0.15) is 5.82 Å². The van der Waals surface area contributed by atoms with Crippen LogP contribution in [0.3, 0.4) is 0 Å². The highest BCUT2D eigenvalue weighted by molar-refractivity contribution is 7.91. The molecule has 98 valence electrons. The highest BCUT2D eigenvalue weighted by Gasteiger charge is 2.25. The first-order valence-corrected chi connectivity index (χ1v) is 7.39.